The molecule has 0 spiro atoms. The predicted octanol–water partition coefficient (Wildman–Crippen LogP) is 2.86. The molecule has 3 nitrogen and oxygen atoms in total. The summed E-state index contributed by atoms with van der Waals surface area (Å²) in [5.41, 5.74) is 2.17. The minimum atomic E-state index is -0.527. The first-order valence-electron chi connectivity index (χ1n) is 6.72. The van der Waals surface area contributed by atoms with Crippen LogP contribution in [-0.4, -0.2) is 24.9 Å². The third-order valence-electron chi connectivity index (χ3n) is 3.55. The van der Waals surface area contributed by atoms with Crippen LogP contribution in [0.15, 0.2) is 18.2 Å². The van der Waals surface area contributed by atoms with Crippen molar-refractivity contribution < 1.29 is 14.6 Å². The fourth-order valence-corrected chi connectivity index (χ4v) is 2.41. The van der Waals surface area contributed by atoms with E-state index in [1.54, 1.807) is 7.11 Å². The number of benzene rings is 1. The molecule has 0 amide bonds. The fraction of sp³-hybridized carbons (Fsp3) is 0.600. The Balaban J connectivity index is 2.08. The van der Waals surface area contributed by atoms with E-state index in [-0.39, 0.29) is 6.10 Å². The van der Waals surface area contributed by atoms with Gasteiger partial charge in [0.05, 0.1) is 13.2 Å². The van der Waals surface area contributed by atoms with Crippen molar-refractivity contribution in [3.05, 3.63) is 29.3 Å². The molecule has 0 fully saturated rings. The Morgan fingerprint density at radius 1 is 1.39 bits per heavy atom. The molecule has 0 heterocycles. The lowest BCUT2D eigenvalue weighted by Gasteiger charge is -2.30. The number of aliphatic hydroxyl groups excluding tert-OH is 1. The van der Waals surface area contributed by atoms with Crippen LogP contribution in [0.1, 0.15) is 43.4 Å². The van der Waals surface area contributed by atoms with Gasteiger partial charge in [-0.15, -0.1) is 0 Å². The number of ether oxygens (including phenoxy) is 2. The molecule has 100 valence electrons. The average Bonchev–Trinajstić information content (AvgIpc) is 2.41. The molecule has 1 aromatic rings. The standard InChI is InChI=1S/C15H22O3/c1-3-4-9-18-14-8-6-11-5-7-12(17-2)10-13(11)15(14)16/h5,7,10,14-16H,3-4,6,8-9H2,1-2H3. The second-order valence-corrected chi connectivity index (χ2v) is 4.81. The van der Waals surface area contributed by atoms with Crippen molar-refractivity contribution in [2.75, 3.05) is 13.7 Å². The van der Waals surface area contributed by atoms with Crippen molar-refractivity contribution >= 4 is 0 Å². The zero-order valence-corrected chi connectivity index (χ0v) is 11.2. The molecule has 0 bridgehead atoms. The highest BCUT2D eigenvalue weighted by molar-refractivity contribution is 5.39. The van der Waals surface area contributed by atoms with E-state index in [0.29, 0.717) is 0 Å². The van der Waals surface area contributed by atoms with Gasteiger partial charge < -0.3 is 14.6 Å². The number of methoxy groups -OCH3 is 1. The second kappa shape index (κ2) is 6.21. The normalized spacial score (nSPS) is 22.6. The Bertz CT molecular complexity index is 389. The molecule has 0 aromatic heterocycles. The lowest BCUT2D eigenvalue weighted by Crippen LogP contribution is -2.28. The number of fused-ring (bicyclic) bond motifs is 1. The largest absolute Gasteiger partial charge is 0.497 e. The van der Waals surface area contributed by atoms with Gasteiger partial charge in [0.1, 0.15) is 11.9 Å². The van der Waals surface area contributed by atoms with E-state index in [0.717, 1.165) is 43.6 Å². The Morgan fingerprint density at radius 3 is 2.94 bits per heavy atom. The van der Waals surface area contributed by atoms with E-state index in [2.05, 4.69) is 6.92 Å². The molecule has 1 aliphatic carbocycles. The van der Waals surface area contributed by atoms with Gasteiger partial charge in [-0.2, -0.15) is 0 Å². The molecule has 2 atom stereocenters. The minimum absolute atomic E-state index is 0.0730. The van der Waals surface area contributed by atoms with Gasteiger partial charge >= 0.3 is 0 Å². The number of unbranched alkanes of at least 4 members (excludes halogenated alkanes) is 1. The third-order valence-corrected chi connectivity index (χ3v) is 3.55. The highest BCUT2D eigenvalue weighted by Crippen LogP contribution is 2.34. The summed E-state index contributed by atoms with van der Waals surface area (Å²) in [6, 6.07) is 5.92. The molecule has 0 saturated carbocycles. The van der Waals surface area contributed by atoms with Gasteiger partial charge in [0.2, 0.25) is 0 Å². The van der Waals surface area contributed by atoms with Crippen molar-refractivity contribution in [1.29, 1.82) is 0 Å². The summed E-state index contributed by atoms with van der Waals surface area (Å²) in [4.78, 5) is 0. The van der Waals surface area contributed by atoms with E-state index in [9.17, 15) is 5.11 Å². The van der Waals surface area contributed by atoms with E-state index in [1.165, 1.54) is 5.56 Å². The average molecular weight is 250 g/mol. The van der Waals surface area contributed by atoms with Crippen LogP contribution in [-0.2, 0) is 11.2 Å². The first kappa shape index (κ1) is 13.4. The van der Waals surface area contributed by atoms with Crippen molar-refractivity contribution in [2.24, 2.45) is 0 Å². The number of aliphatic hydroxyl groups is 1. The SMILES string of the molecule is CCCCOC1CCc2ccc(OC)cc2C1O. The van der Waals surface area contributed by atoms with Gasteiger partial charge in [-0.1, -0.05) is 19.4 Å². The molecule has 0 radical (unpaired) electrons. The summed E-state index contributed by atoms with van der Waals surface area (Å²) in [6.07, 6.45) is 3.43. The van der Waals surface area contributed by atoms with Gasteiger partial charge in [-0.05, 0) is 42.5 Å². The maximum absolute atomic E-state index is 10.4. The number of hydrogen-bond donors (Lipinski definition) is 1. The lowest BCUT2D eigenvalue weighted by atomic mass is 9.87. The Hall–Kier alpha value is -1.06. The zero-order valence-electron chi connectivity index (χ0n) is 11.2. The first-order chi connectivity index (χ1) is 8.76. The molecule has 0 aliphatic heterocycles. The van der Waals surface area contributed by atoms with E-state index >= 15 is 0 Å². The van der Waals surface area contributed by atoms with Crippen LogP contribution in [0.5, 0.6) is 5.75 Å². The molecular weight excluding hydrogens is 228 g/mol. The van der Waals surface area contributed by atoms with Crippen molar-refractivity contribution in [2.45, 2.75) is 44.8 Å². The van der Waals surface area contributed by atoms with Crippen LogP contribution in [0.2, 0.25) is 0 Å². The van der Waals surface area contributed by atoms with E-state index in [1.807, 2.05) is 18.2 Å². The summed E-state index contributed by atoms with van der Waals surface area (Å²) < 4.78 is 11.0. The summed E-state index contributed by atoms with van der Waals surface area (Å²) in [7, 11) is 1.65. The maximum atomic E-state index is 10.4. The summed E-state index contributed by atoms with van der Waals surface area (Å²) in [5, 5.41) is 10.4. The van der Waals surface area contributed by atoms with Crippen LogP contribution in [0, 0.1) is 0 Å². The monoisotopic (exact) mass is 250 g/mol. The minimum Gasteiger partial charge on any atom is -0.497 e. The van der Waals surface area contributed by atoms with Crippen LogP contribution in [0.3, 0.4) is 0 Å². The zero-order chi connectivity index (χ0) is 13.0. The van der Waals surface area contributed by atoms with Crippen LogP contribution < -0.4 is 4.74 Å². The van der Waals surface area contributed by atoms with Crippen molar-refractivity contribution in [1.82, 2.24) is 0 Å². The Labute approximate surface area is 109 Å². The van der Waals surface area contributed by atoms with Gasteiger partial charge in [-0.3, -0.25) is 0 Å². The highest BCUT2D eigenvalue weighted by Gasteiger charge is 2.28. The number of rotatable bonds is 5. The quantitative estimate of drug-likeness (QED) is 0.817. The van der Waals surface area contributed by atoms with Crippen molar-refractivity contribution in [3.63, 3.8) is 0 Å². The Kier molecular flexibility index (Phi) is 4.61. The Morgan fingerprint density at radius 2 is 2.22 bits per heavy atom. The van der Waals surface area contributed by atoms with Gasteiger partial charge in [-0.25, -0.2) is 0 Å². The van der Waals surface area contributed by atoms with Gasteiger partial charge in [0.25, 0.3) is 0 Å². The third kappa shape index (κ3) is 2.85. The number of hydrogen-bond acceptors (Lipinski definition) is 3. The summed E-state index contributed by atoms with van der Waals surface area (Å²) in [5.74, 6) is 0.794. The van der Waals surface area contributed by atoms with Gasteiger partial charge in [0.15, 0.2) is 0 Å². The van der Waals surface area contributed by atoms with Crippen LogP contribution in [0.4, 0.5) is 0 Å². The molecule has 18 heavy (non-hydrogen) atoms. The van der Waals surface area contributed by atoms with Crippen LogP contribution in [0.25, 0.3) is 0 Å². The lowest BCUT2D eigenvalue weighted by molar-refractivity contribution is -0.0491. The van der Waals surface area contributed by atoms with E-state index < -0.39 is 6.10 Å². The topological polar surface area (TPSA) is 38.7 Å². The molecule has 0 saturated heterocycles. The highest BCUT2D eigenvalue weighted by atomic mass is 16.5. The number of aryl methyl sites for hydroxylation is 1. The fourth-order valence-electron chi connectivity index (χ4n) is 2.41. The molecule has 2 unspecified atom stereocenters. The maximum Gasteiger partial charge on any atom is 0.119 e. The molecule has 1 N–H and O–H groups in total. The van der Waals surface area contributed by atoms with Crippen LogP contribution >= 0.6 is 0 Å². The molecule has 1 aromatic carbocycles. The summed E-state index contributed by atoms with van der Waals surface area (Å²) >= 11 is 0. The van der Waals surface area contributed by atoms with Gasteiger partial charge in [0, 0.05) is 6.61 Å². The summed E-state index contributed by atoms with van der Waals surface area (Å²) in [6.45, 7) is 2.87. The predicted molar refractivity (Wildman–Crippen MR) is 70.9 cm³/mol. The molecule has 3 heteroatoms. The van der Waals surface area contributed by atoms with Crippen molar-refractivity contribution in [3.8, 4) is 5.75 Å². The second-order valence-electron chi connectivity index (χ2n) is 4.81. The molecular formula is C15H22O3. The molecule has 1 aliphatic rings. The van der Waals surface area contributed by atoms with E-state index in [4.69, 9.17) is 9.47 Å². The smallest absolute Gasteiger partial charge is 0.119 e. The first-order valence-corrected chi connectivity index (χ1v) is 6.72. The molecule has 2 rings (SSSR count).